The van der Waals surface area contributed by atoms with Crippen LogP contribution in [0.2, 0.25) is 0 Å². The van der Waals surface area contributed by atoms with Crippen molar-refractivity contribution in [1.29, 1.82) is 0 Å². The molecule has 2 N–H and O–H groups in total. The summed E-state index contributed by atoms with van der Waals surface area (Å²) in [6.45, 7) is 7.23. The molecule has 2 rings (SSSR count). The van der Waals surface area contributed by atoms with Gasteiger partial charge in [-0.25, -0.2) is 0 Å². The Morgan fingerprint density at radius 2 is 1.84 bits per heavy atom. The average Bonchev–Trinajstić information content (AvgIpc) is 2.60. The zero-order valence-corrected chi connectivity index (χ0v) is 15.6. The first-order valence-corrected chi connectivity index (χ1v) is 8.83. The van der Waals surface area contributed by atoms with Gasteiger partial charge in [0.25, 0.3) is 0 Å². The molecule has 0 fully saturated rings. The minimum atomic E-state index is 0.0947. The molecule has 1 atom stereocenters. The van der Waals surface area contributed by atoms with E-state index >= 15 is 0 Å². The number of rotatable bonds is 9. The lowest BCUT2D eigenvalue weighted by Crippen LogP contribution is -2.15. The summed E-state index contributed by atoms with van der Waals surface area (Å²) in [5.41, 5.74) is 8.42. The molecule has 25 heavy (non-hydrogen) atoms. The molecule has 1 unspecified atom stereocenters. The van der Waals surface area contributed by atoms with Gasteiger partial charge in [-0.1, -0.05) is 18.2 Å². The lowest BCUT2D eigenvalue weighted by atomic mass is 9.92. The van der Waals surface area contributed by atoms with Gasteiger partial charge < -0.3 is 19.9 Å². The lowest BCUT2D eigenvalue weighted by Gasteiger charge is -2.19. The van der Waals surface area contributed by atoms with Gasteiger partial charge in [0, 0.05) is 5.92 Å². The first kappa shape index (κ1) is 19.1. The highest BCUT2D eigenvalue weighted by atomic mass is 16.5. The second-order valence-corrected chi connectivity index (χ2v) is 6.29. The summed E-state index contributed by atoms with van der Waals surface area (Å²) in [5, 5.41) is 0. The largest absolute Gasteiger partial charge is 0.494 e. The van der Waals surface area contributed by atoms with E-state index in [-0.39, 0.29) is 12.0 Å². The molecular weight excluding hydrogens is 314 g/mol. The zero-order valence-electron chi connectivity index (χ0n) is 15.6. The molecule has 4 nitrogen and oxygen atoms in total. The van der Waals surface area contributed by atoms with Gasteiger partial charge in [-0.3, -0.25) is 0 Å². The number of benzene rings is 2. The van der Waals surface area contributed by atoms with Gasteiger partial charge in [-0.05, 0) is 69.1 Å². The summed E-state index contributed by atoms with van der Waals surface area (Å²) in [7, 11) is 1.66. The zero-order chi connectivity index (χ0) is 18.2. The summed E-state index contributed by atoms with van der Waals surface area (Å²) in [6, 6.07) is 14.3. The molecule has 0 spiro atoms. The van der Waals surface area contributed by atoms with Crippen molar-refractivity contribution in [3.63, 3.8) is 0 Å². The molecule has 0 amide bonds. The van der Waals surface area contributed by atoms with Crippen LogP contribution in [0.25, 0.3) is 0 Å². The summed E-state index contributed by atoms with van der Waals surface area (Å²) < 4.78 is 16.9. The van der Waals surface area contributed by atoms with Crippen LogP contribution >= 0.6 is 0 Å². The molecule has 0 saturated heterocycles. The second kappa shape index (κ2) is 9.33. The smallest absolute Gasteiger partial charge is 0.161 e. The Morgan fingerprint density at radius 1 is 1.04 bits per heavy atom. The van der Waals surface area contributed by atoms with E-state index in [1.165, 1.54) is 11.1 Å². The third-order valence-electron chi connectivity index (χ3n) is 4.00. The molecule has 136 valence electrons. The normalized spacial score (nSPS) is 12.1. The first-order valence-electron chi connectivity index (χ1n) is 8.83. The third-order valence-corrected chi connectivity index (χ3v) is 4.00. The topological polar surface area (TPSA) is 53.7 Å². The Hall–Kier alpha value is -2.20. The maximum Gasteiger partial charge on any atom is 0.161 e. The number of hydrogen-bond donors (Lipinski definition) is 1. The average molecular weight is 343 g/mol. The van der Waals surface area contributed by atoms with E-state index in [0.717, 1.165) is 23.7 Å². The lowest BCUT2D eigenvalue weighted by molar-refractivity contribution is 0.230. The first-order chi connectivity index (χ1) is 12.1. The van der Waals surface area contributed by atoms with Crippen LogP contribution in [0, 0.1) is 0 Å². The molecule has 0 saturated carbocycles. The van der Waals surface area contributed by atoms with Crippen molar-refractivity contribution in [2.75, 3.05) is 20.3 Å². The van der Waals surface area contributed by atoms with Crippen molar-refractivity contribution in [3.05, 3.63) is 53.6 Å². The molecule has 0 heterocycles. The Balaban J connectivity index is 2.22. The van der Waals surface area contributed by atoms with E-state index in [0.29, 0.717) is 13.2 Å². The Bertz CT molecular complexity index is 670. The summed E-state index contributed by atoms with van der Waals surface area (Å²) >= 11 is 0. The highest BCUT2D eigenvalue weighted by Gasteiger charge is 2.14. The van der Waals surface area contributed by atoms with Crippen molar-refractivity contribution in [3.8, 4) is 17.2 Å². The van der Waals surface area contributed by atoms with Crippen LogP contribution in [0.3, 0.4) is 0 Å². The van der Waals surface area contributed by atoms with Crippen molar-refractivity contribution in [2.45, 2.75) is 39.2 Å². The fraction of sp³-hybridized carbons (Fsp3) is 0.429. The predicted molar refractivity (Wildman–Crippen MR) is 102 cm³/mol. The van der Waals surface area contributed by atoms with Crippen LogP contribution in [-0.4, -0.2) is 26.4 Å². The second-order valence-electron chi connectivity index (χ2n) is 6.29. The van der Waals surface area contributed by atoms with E-state index in [4.69, 9.17) is 19.9 Å². The van der Waals surface area contributed by atoms with Crippen LogP contribution in [-0.2, 0) is 6.42 Å². The fourth-order valence-corrected chi connectivity index (χ4v) is 2.84. The van der Waals surface area contributed by atoms with E-state index in [9.17, 15) is 0 Å². The van der Waals surface area contributed by atoms with Crippen LogP contribution in [0.4, 0.5) is 0 Å². The van der Waals surface area contributed by atoms with E-state index in [1.807, 2.05) is 45.0 Å². The summed E-state index contributed by atoms with van der Waals surface area (Å²) in [4.78, 5) is 0. The molecule has 0 radical (unpaired) electrons. The minimum Gasteiger partial charge on any atom is -0.494 e. The van der Waals surface area contributed by atoms with Crippen molar-refractivity contribution in [2.24, 2.45) is 5.73 Å². The van der Waals surface area contributed by atoms with E-state index in [1.54, 1.807) is 7.11 Å². The van der Waals surface area contributed by atoms with Gasteiger partial charge in [-0.15, -0.1) is 0 Å². The molecular formula is C21H29NO3. The predicted octanol–water partition coefficient (Wildman–Crippen LogP) is 4.17. The SMILES string of the molecule is CCOc1cccc(C(CN)Cc2ccc(OC)c(OC(C)C)c2)c1. The molecule has 0 bridgehead atoms. The van der Waals surface area contributed by atoms with Gasteiger partial charge in [-0.2, -0.15) is 0 Å². The Kier molecular flexibility index (Phi) is 7.14. The summed E-state index contributed by atoms with van der Waals surface area (Å²) in [5.74, 6) is 2.63. The minimum absolute atomic E-state index is 0.0947. The van der Waals surface area contributed by atoms with Gasteiger partial charge in [0.1, 0.15) is 5.75 Å². The van der Waals surface area contributed by atoms with Crippen LogP contribution in [0.15, 0.2) is 42.5 Å². The van der Waals surface area contributed by atoms with Crippen molar-refractivity contribution < 1.29 is 14.2 Å². The summed E-state index contributed by atoms with van der Waals surface area (Å²) in [6.07, 6.45) is 0.933. The molecule has 0 aromatic heterocycles. The highest BCUT2D eigenvalue weighted by molar-refractivity contribution is 5.44. The fourth-order valence-electron chi connectivity index (χ4n) is 2.84. The number of hydrogen-bond acceptors (Lipinski definition) is 4. The molecule has 0 aliphatic carbocycles. The third kappa shape index (κ3) is 5.40. The van der Waals surface area contributed by atoms with Crippen LogP contribution < -0.4 is 19.9 Å². The van der Waals surface area contributed by atoms with Gasteiger partial charge >= 0.3 is 0 Å². The van der Waals surface area contributed by atoms with Crippen LogP contribution in [0.1, 0.15) is 37.8 Å². The molecule has 2 aromatic carbocycles. The van der Waals surface area contributed by atoms with Gasteiger partial charge in [0.2, 0.25) is 0 Å². The van der Waals surface area contributed by atoms with Gasteiger partial charge in [0.15, 0.2) is 11.5 Å². The van der Waals surface area contributed by atoms with Gasteiger partial charge in [0.05, 0.1) is 19.8 Å². The van der Waals surface area contributed by atoms with Crippen molar-refractivity contribution in [1.82, 2.24) is 0 Å². The maximum absolute atomic E-state index is 6.05. The van der Waals surface area contributed by atoms with Crippen LogP contribution in [0.5, 0.6) is 17.2 Å². The highest BCUT2D eigenvalue weighted by Crippen LogP contribution is 2.31. The monoisotopic (exact) mass is 343 g/mol. The van der Waals surface area contributed by atoms with E-state index in [2.05, 4.69) is 18.2 Å². The Morgan fingerprint density at radius 3 is 2.48 bits per heavy atom. The number of methoxy groups -OCH3 is 1. The molecule has 0 aliphatic rings. The van der Waals surface area contributed by atoms with Crippen molar-refractivity contribution >= 4 is 0 Å². The standard InChI is InChI=1S/C21H29NO3/c1-5-24-19-8-6-7-17(13-19)18(14-22)11-16-9-10-20(23-4)21(12-16)25-15(2)3/h6-10,12-13,15,18H,5,11,14,22H2,1-4H3. The molecule has 0 aliphatic heterocycles. The molecule has 2 aromatic rings. The van der Waals surface area contributed by atoms with E-state index < -0.39 is 0 Å². The Labute approximate surface area is 150 Å². The molecule has 4 heteroatoms. The maximum atomic E-state index is 6.05. The number of nitrogens with two attached hydrogens (primary N) is 1. The number of ether oxygens (including phenoxy) is 3. The quantitative estimate of drug-likeness (QED) is 0.742.